The first-order valence-electron chi connectivity index (χ1n) is 11.1. The largest absolute Gasteiger partial charge is 0.478 e. The number of aromatic carboxylic acids is 1. The molecule has 4 aromatic rings. The summed E-state index contributed by atoms with van der Waals surface area (Å²) in [6.45, 7) is 0.566. The summed E-state index contributed by atoms with van der Waals surface area (Å²) in [6.07, 6.45) is 3.22. The molecule has 0 saturated heterocycles. The smallest absolute Gasteiger partial charge is 0.407 e. The van der Waals surface area contributed by atoms with Gasteiger partial charge in [0.2, 0.25) is 0 Å². The number of carboxylic acids is 1. The zero-order valence-corrected chi connectivity index (χ0v) is 18.4. The number of rotatable bonds is 6. The third-order valence-electron chi connectivity index (χ3n) is 6.19. The SMILES string of the molecule is O=C(NCC=Cc1cccc2c(C(=O)O)cccc12)OCC1c2ccccc2-c2ccccc21. The van der Waals surface area contributed by atoms with E-state index in [1.54, 1.807) is 18.2 Å². The normalized spacial score (nSPS) is 12.5. The Bertz CT molecular complexity index is 1380. The number of hydrogen-bond donors (Lipinski definition) is 2. The average Bonchev–Trinajstić information content (AvgIpc) is 3.18. The summed E-state index contributed by atoms with van der Waals surface area (Å²) in [7, 11) is 0. The maximum Gasteiger partial charge on any atom is 0.407 e. The van der Waals surface area contributed by atoms with Crippen LogP contribution in [-0.2, 0) is 4.74 Å². The van der Waals surface area contributed by atoms with Crippen LogP contribution in [0.1, 0.15) is 33.0 Å². The monoisotopic (exact) mass is 449 g/mol. The molecular weight excluding hydrogens is 426 g/mol. The number of fused-ring (bicyclic) bond motifs is 4. The summed E-state index contributed by atoms with van der Waals surface area (Å²) >= 11 is 0. The second-order valence-corrected chi connectivity index (χ2v) is 8.16. The molecule has 0 fully saturated rings. The molecule has 5 rings (SSSR count). The Labute approximate surface area is 197 Å². The minimum atomic E-state index is -0.955. The molecule has 0 aliphatic heterocycles. The zero-order chi connectivity index (χ0) is 23.5. The molecule has 34 heavy (non-hydrogen) atoms. The van der Waals surface area contributed by atoms with Crippen molar-refractivity contribution in [2.24, 2.45) is 0 Å². The summed E-state index contributed by atoms with van der Waals surface area (Å²) in [5.74, 6) is -0.934. The molecule has 0 spiro atoms. The quantitative estimate of drug-likeness (QED) is 0.373. The van der Waals surface area contributed by atoms with Crippen LogP contribution in [0.3, 0.4) is 0 Å². The van der Waals surface area contributed by atoms with Crippen LogP contribution < -0.4 is 5.32 Å². The molecule has 4 aromatic carbocycles. The minimum absolute atomic E-state index is 0.0211. The topological polar surface area (TPSA) is 75.6 Å². The Morgan fingerprint density at radius 3 is 2.18 bits per heavy atom. The Hall–Kier alpha value is -4.38. The third kappa shape index (κ3) is 4.04. The van der Waals surface area contributed by atoms with Gasteiger partial charge < -0.3 is 15.2 Å². The van der Waals surface area contributed by atoms with Crippen molar-refractivity contribution in [3.63, 3.8) is 0 Å². The van der Waals surface area contributed by atoms with Crippen molar-refractivity contribution in [2.75, 3.05) is 13.2 Å². The summed E-state index contributed by atoms with van der Waals surface area (Å²) in [5, 5.41) is 13.7. The molecule has 2 N–H and O–H groups in total. The number of amides is 1. The van der Waals surface area contributed by atoms with Crippen LogP contribution >= 0.6 is 0 Å². The van der Waals surface area contributed by atoms with Gasteiger partial charge in [-0.15, -0.1) is 0 Å². The van der Waals surface area contributed by atoms with Crippen molar-refractivity contribution in [3.8, 4) is 11.1 Å². The highest BCUT2D eigenvalue weighted by molar-refractivity contribution is 6.05. The van der Waals surface area contributed by atoms with E-state index in [9.17, 15) is 14.7 Å². The maximum atomic E-state index is 12.3. The van der Waals surface area contributed by atoms with Gasteiger partial charge in [-0.3, -0.25) is 0 Å². The fraction of sp³-hybridized carbons (Fsp3) is 0.103. The molecule has 0 saturated carbocycles. The van der Waals surface area contributed by atoms with Crippen LogP contribution in [0.15, 0.2) is 91.0 Å². The van der Waals surface area contributed by atoms with Gasteiger partial charge in [0.1, 0.15) is 6.61 Å². The van der Waals surface area contributed by atoms with Gasteiger partial charge in [-0.1, -0.05) is 91.0 Å². The number of ether oxygens (including phenoxy) is 1. The van der Waals surface area contributed by atoms with Gasteiger partial charge in [-0.25, -0.2) is 9.59 Å². The molecular formula is C29H23NO4. The first-order valence-corrected chi connectivity index (χ1v) is 11.1. The van der Waals surface area contributed by atoms with Crippen LogP contribution in [0.5, 0.6) is 0 Å². The summed E-state index contributed by atoms with van der Waals surface area (Å²) in [4.78, 5) is 23.8. The van der Waals surface area contributed by atoms with E-state index >= 15 is 0 Å². The van der Waals surface area contributed by atoms with Gasteiger partial charge >= 0.3 is 12.1 Å². The lowest BCUT2D eigenvalue weighted by atomic mass is 9.98. The van der Waals surface area contributed by atoms with Crippen molar-refractivity contribution < 1.29 is 19.4 Å². The molecule has 0 bridgehead atoms. The summed E-state index contributed by atoms with van der Waals surface area (Å²) in [5.41, 5.74) is 5.88. The molecule has 0 radical (unpaired) electrons. The fourth-order valence-corrected chi connectivity index (χ4v) is 4.64. The maximum absolute atomic E-state index is 12.3. The van der Waals surface area contributed by atoms with Gasteiger partial charge in [0.15, 0.2) is 0 Å². The second kappa shape index (κ2) is 9.24. The van der Waals surface area contributed by atoms with Crippen LogP contribution in [0.2, 0.25) is 0 Å². The fourth-order valence-electron chi connectivity index (χ4n) is 4.64. The summed E-state index contributed by atoms with van der Waals surface area (Å²) in [6, 6.07) is 27.2. The van der Waals surface area contributed by atoms with Crippen molar-refractivity contribution in [3.05, 3.63) is 113 Å². The number of carboxylic acid groups (broad SMARTS) is 1. The van der Waals surface area contributed by atoms with Crippen LogP contribution in [0.4, 0.5) is 4.79 Å². The molecule has 0 aromatic heterocycles. The van der Waals surface area contributed by atoms with Gasteiger partial charge in [-0.2, -0.15) is 0 Å². The zero-order valence-electron chi connectivity index (χ0n) is 18.4. The van der Waals surface area contributed by atoms with E-state index in [0.717, 1.165) is 10.9 Å². The first kappa shape index (κ1) is 21.5. The predicted octanol–water partition coefficient (Wildman–Crippen LogP) is 6.09. The first-order chi connectivity index (χ1) is 16.6. The Balaban J connectivity index is 1.21. The Morgan fingerprint density at radius 1 is 0.824 bits per heavy atom. The van der Waals surface area contributed by atoms with Crippen LogP contribution in [-0.4, -0.2) is 30.3 Å². The summed E-state index contributed by atoms with van der Waals surface area (Å²) < 4.78 is 5.56. The number of carbonyl (C=O) groups is 2. The average molecular weight is 450 g/mol. The molecule has 168 valence electrons. The Morgan fingerprint density at radius 2 is 1.47 bits per heavy atom. The number of nitrogens with one attached hydrogen (secondary N) is 1. The van der Waals surface area contributed by atoms with E-state index < -0.39 is 12.1 Å². The highest BCUT2D eigenvalue weighted by Crippen LogP contribution is 2.44. The molecule has 5 nitrogen and oxygen atoms in total. The highest BCUT2D eigenvalue weighted by atomic mass is 16.5. The number of carbonyl (C=O) groups excluding carboxylic acids is 1. The Kier molecular flexibility index (Phi) is 5.83. The van der Waals surface area contributed by atoms with Crippen molar-refractivity contribution in [1.29, 1.82) is 0 Å². The van der Waals surface area contributed by atoms with Crippen molar-refractivity contribution in [1.82, 2.24) is 5.32 Å². The van der Waals surface area contributed by atoms with Gasteiger partial charge in [0, 0.05) is 12.5 Å². The van der Waals surface area contributed by atoms with E-state index in [0.29, 0.717) is 11.9 Å². The van der Waals surface area contributed by atoms with Crippen LogP contribution in [0, 0.1) is 0 Å². The van der Waals surface area contributed by atoms with Crippen molar-refractivity contribution in [2.45, 2.75) is 5.92 Å². The van der Waals surface area contributed by atoms with Gasteiger partial charge in [0.25, 0.3) is 0 Å². The molecule has 0 heterocycles. The number of hydrogen-bond acceptors (Lipinski definition) is 3. The van der Waals surface area contributed by atoms with E-state index in [-0.39, 0.29) is 18.1 Å². The molecule has 0 atom stereocenters. The lowest BCUT2D eigenvalue weighted by molar-refractivity contribution is 0.0699. The highest BCUT2D eigenvalue weighted by Gasteiger charge is 2.28. The second-order valence-electron chi connectivity index (χ2n) is 8.16. The van der Waals surface area contributed by atoms with Crippen LogP contribution in [0.25, 0.3) is 28.0 Å². The van der Waals surface area contributed by atoms with E-state index in [1.807, 2.05) is 54.6 Å². The molecule has 5 heteroatoms. The predicted molar refractivity (Wildman–Crippen MR) is 133 cm³/mol. The van der Waals surface area contributed by atoms with Crippen molar-refractivity contribution >= 4 is 28.9 Å². The molecule has 1 aliphatic rings. The number of alkyl carbamates (subject to hydrolysis) is 1. The standard InChI is InChI=1S/C29H23NO4/c31-28(32)26-16-6-14-20-19(8-5-15-21(20)26)9-7-17-30-29(33)34-18-27-24-12-3-1-10-22(24)23-11-2-4-13-25(23)27/h1-16,27H,17-18H2,(H,30,33)(H,31,32). The van der Waals surface area contributed by atoms with E-state index in [2.05, 4.69) is 29.6 Å². The van der Waals surface area contributed by atoms with E-state index in [4.69, 9.17) is 4.74 Å². The van der Waals surface area contributed by atoms with E-state index in [1.165, 1.54) is 22.3 Å². The van der Waals surface area contributed by atoms with Gasteiger partial charge in [-0.05, 0) is 44.7 Å². The lowest BCUT2D eigenvalue weighted by Crippen LogP contribution is -2.26. The number of benzene rings is 4. The third-order valence-corrected chi connectivity index (χ3v) is 6.19. The molecule has 0 unspecified atom stereocenters. The van der Waals surface area contributed by atoms with Gasteiger partial charge in [0.05, 0.1) is 5.56 Å². The lowest BCUT2D eigenvalue weighted by Gasteiger charge is -2.14. The molecule has 1 aliphatic carbocycles. The minimum Gasteiger partial charge on any atom is -0.478 e. The molecule has 1 amide bonds.